The van der Waals surface area contributed by atoms with Crippen LogP contribution in [-0.4, -0.2) is 23.6 Å². The van der Waals surface area contributed by atoms with Crippen LogP contribution in [-0.2, 0) is 23.2 Å². The van der Waals surface area contributed by atoms with Gasteiger partial charge in [0, 0.05) is 24.9 Å². The summed E-state index contributed by atoms with van der Waals surface area (Å²) in [6.07, 6.45) is 7.84. The molecule has 1 fully saturated rings. The van der Waals surface area contributed by atoms with E-state index >= 15 is 0 Å². The minimum atomic E-state index is -0.208. The molecule has 0 aromatic carbocycles. The van der Waals surface area contributed by atoms with E-state index < -0.39 is 0 Å². The minimum Gasteiger partial charge on any atom is -0.370 e. The van der Waals surface area contributed by atoms with E-state index in [1.54, 1.807) is 7.11 Å². The Kier molecular flexibility index (Phi) is 3.44. The number of hydrogen-bond acceptors (Lipinski definition) is 4. The Hall–Kier alpha value is -1.16. The Morgan fingerprint density at radius 1 is 1.21 bits per heavy atom. The van der Waals surface area contributed by atoms with Crippen molar-refractivity contribution in [3.05, 3.63) is 17.1 Å². The highest BCUT2D eigenvalue weighted by molar-refractivity contribution is 5.49. The van der Waals surface area contributed by atoms with Crippen molar-refractivity contribution in [1.82, 2.24) is 9.97 Å². The van der Waals surface area contributed by atoms with Gasteiger partial charge in [-0.3, -0.25) is 0 Å². The third-order valence-corrected chi connectivity index (χ3v) is 4.44. The van der Waals surface area contributed by atoms with Crippen LogP contribution in [0, 0.1) is 0 Å². The summed E-state index contributed by atoms with van der Waals surface area (Å²) in [6, 6.07) is 0. The maximum Gasteiger partial charge on any atom is 0.162 e. The highest BCUT2D eigenvalue weighted by Crippen LogP contribution is 2.43. The molecule has 3 rings (SSSR count). The molecule has 0 spiro atoms. The Labute approximate surface area is 115 Å². The van der Waals surface area contributed by atoms with Gasteiger partial charge in [-0.2, -0.15) is 0 Å². The predicted octanol–water partition coefficient (Wildman–Crippen LogP) is 2.81. The number of fused-ring (bicyclic) bond motifs is 1. The lowest BCUT2D eigenvalue weighted by atomic mass is 9.79. The van der Waals surface area contributed by atoms with Crippen LogP contribution < -0.4 is 5.32 Å². The van der Waals surface area contributed by atoms with Crippen molar-refractivity contribution in [2.45, 2.75) is 57.5 Å². The van der Waals surface area contributed by atoms with Gasteiger partial charge in [0.2, 0.25) is 0 Å². The first-order valence-corrected chi connectivity index (χ1v) is 7.48. The molecule has 2 aliphatic carbocycles. The van der Waals surface area contributed by atoms with Crippen molar-refractivity contribution >= 4 is 5.82 Å². The zero-order valence-electron chi connectivity index (χ0n) is 12.0. The molecular weight excluding hydrogens is 238 g/mol. The number of methoxy groups -OCH3 is 1. The Morgan fingerprint density at radius 2 is 2.05 bits per heavy atom. The van der Waals surface area contributed by atoms with Crippen LogP contribution in [0.2, 0.25) is 0 Å². The number of anilines is 1. The molecule has 0 atom stereocenters. The molecule has 0 radical (unpaired) electrons. The third-order valence-electron chi connectivity index (χ3n) is 4.44. The number of aromatic nitrogens is 2. The molecule has 104 valence electrons. The Bertz CT molecular complexity index is 463. The van der Waals surface area contributed by atoms with Crippen LogP contribution >= 0.6 is 0 Å². The van der Waals surface area contributed by atoms with Gasteiger partial charge < -0.3 is 10.1 Å². The van der Waals surface area contributed by atoms with Crippen molar-refractivity contribution in [3.63, 3.8) is 0 Å². The zero-order chi connectivity index (χ0) is 13.3. The molecule has 2 aliphatic rings. The summed E-state index contributed by atoms with van der Waals surface area (Å²) in [4.78, 5) is 9.61. The predicted molar refractivity (Wildman–Crippen MR) is 75.4 cm³/mol. The van der Waals surface area contributed by atoms with Crippen LogP contribution in [0.1, 0.15) is 56.1 Å². The second-order valence-corrected chi connectivity index (χ2v) is 5.65. The van der Waals surface area contributed by atoms with Crippen molar-refractivity contribution < 1.29 is 4.74 Å². The first-order valence-electron chi connectivity index (χ1n) is 7.48. The normalized spacial score (nSPS) is 19.9. The molecule has 0 amide bonds. The summed E-state index contributed by atoms with van der Waals surface area (Å²) >= 11 is 0. The summed E-state index contributed by atoms with van der Waals surface area (Å²) in [5, 5.41) is 3.47. The highest BCUT2D eigenvalue weighted by Gasteiger charge is 2.42. The van der Waals surface area contributed by atoms with Gasteiger partial charge in [0.15, 0.2) is 5.82 Å². The van der Waals surface area contributed by atoms with Crippen LogP contribution in [0.25, 0.3) is 0 Å². The summed E-state index contributed by atoms with van der Waals surface area (Å²) in [5.74, 6) is 1.96. The average Bonchev–Trinajstić information content (AvgIpc) is 2.83. The first kappa shape index (κ1) is 12.9. The molecule has 4 nitrogen and oxygen atoms in total. The summed E-state index contributed by atoms with van der Waals surface area (Å²) in [6.45, 7) is 3.15. The van der Waals surface area contributed by atoms with E-state index in [9.17, 15) is 0 Å². The SMILES string of the molecule is CCCNc1nc(C2(OC)CCC2)nc2c1CCC2. The summed E-state index contributed by atoms with van der Waals surface area (Å²) in [7, 11) is 1.79. The fourth-order valence-electron chi connectivity index (χ4n) is 3.04. The zero-order valence-corrected chi connectivity index (χ0v) is 12.0. The number of hydrogen-bond donors (Lipinski definition) is 1. The second kappa shape index (κ2) is 5.08. The van der Waals surface area contributed by atoms with Crippen molar-refractivity contribution in [3.8, 4) is 0 Å². The minimum absolute atomic E-state index is 0.208. The van der Waals surface area contributed by atoms with Gasteiger partial charge in [-0.05, 0) is 44.9 Å². The number of nitrogens with zero attached hydrogens (tertiary/aromatic N) is 2. The van der Waals surface area contributed by atoms with E-state index in [-0.39, 0.29) is 5.60 Å². The first-order chi connectivity index (χ1) is 9.29. The smallest absolute Gasteiger partial charge is 0.162 e. The molecule has 1 aromatic rings. The fourth-order valence-corrected chi connectivity index (χ4v) is 3.04. The molecular formula is C15H23N3O. The number of ether oxygens (including phenoxy) is 1. The average molecular weight is 261 g/mol. The molecule has 0 aliphatic heterocycles. The quantitative estimate of drug-likeness (QED) is 0.885. The standard InChI is InChI=1S/C15H23N3O/c1-3-10-16-13-11-6-4-7-12(11)17-14(18-13)15(19-2)8-5-9-15/h3-10H2,1-2H3,(H,16,17,18). The van der Waals surface area contributed by atoms with Gasteiger partial charge in [-0.1, -0.05) is 6.92 Å². The Balaban J connectivity index is 1.97. The number of rotatable bonds is 5. The molecule has 0 unspecified atom stereocenters. The molecule has 1 aromatic heterocycles. The van der Waals surface area contributed by atoms with Gasteiger partial charge in [0.1, 0.15) is 11.4 Å². The highest BCUT2D eigenvalue weighted by atomic mass is 16.5. The largest absolute Gasteiger partial charge is 0.370 e. The number of aryl methyl sites for hydroxylation is 1. The van der Waals surface area contributed by atoms with Gasteiger partial charge >= 0.3 is 0 Å². The van der Waals surface area contributed by atoms with Crippen LogP contribution in [0.4, 0.5) is 5.82 Å². The van der Waals surface area contributed by atoms with Gasteiger partial charge in [0.05, 0.1) is 0 Å². The van der Waals surface area contributed by atoms with Gasteiger partial charge in [-0.15, -0.1) is 0 Å². The second-order valence-electron chi connectivity index (χ2n) is 5.65. The molecule has 0 bridgehead atoms. The molecule has 19 heavy (non-hydrogen) atoms. The van der Waals surface area contributed by atoms with E-state index in [1.165, 1.54) is 24.1 Å². The van der Waals surface area contributed by atoms with Crippen LogP contribution in [0.5, 0.6) is 0 Å². The molecule has 1 saturated carbocycles. The third kappa shape index (κ3) is 2.12. The van der Waals surface area contributed by atoms with E-state index in [4.69, 9.17) is 14.7 Å². The van der Waals surface area contributed by atoms with Gasteiger partial charge in [0.25, 0.3) is 0 Å². The van der Waals surface area contributed by atoms with Crippen molar-refractivity contribution in [2.75, 3.05) is 19.0 Å². The fraction of sp³-hybridized carbons (Fsp3) is 0.733. The Morgan fingerprint density at radius 3 is 2.68 bits per heavy atom. The van der Waals surface area contributed by atoms with E-state index in [0.717, 1.165) is 50.3 Å². The van der Waals surface area contributed by atoms with E-state index in [0.29, 0.717) is 0 Å². The van der Waals surface area contributed by atoms with Crippen LogP contribution in [0.15, 0.2) is 0 Å². The molecule has 1 N–H and O–H groups in total. The van der Waals surface area contributed by atoms with Crippen LogP contribution in [0.3, 0.4) is 0 Å². The number of nitrogens with one attached hydrogen (secondary N) is 1. The monoisotopic (exact) mass is 261 g/mol. The maximum atomic E-state index is 5.73. The maximum absolute atomic E-state index is 5.73. The lowest BCUT2D eigenvalue weighted by Crippen LogP contribution is -2.38. The summed E-state index contributed by atoms with van der Waals surface area (Å²) in [5.41, 5.74) is 2.37. The van der Waals surface area contributed by atoms with E-state index in [1.807, 2.05) is 0 Å². The van der Waals surface area contributed by atoms with Gasteiger partial charge in [-0.25, -0.2) is 9.97 Å². The lowest BCUT2D eigenvalue weighted by molar-refractivity contribution is -0.0846. The topological polar surface area (TPSA) is 47.0 Å². The summed E-state index contributed by atoms with van der Waals surface area (Å²) < 4.78 is 5.73. The van der Waals surface area contributed by atoms with E-state index in [2.05, 4.69) is 12.2 Å². The molecule has 1 heterocycles. The molecule has 0 saturated heterocycles. The van der Waals surface area contributed by atoms with Crippen molar-refractivity contribution in [1.29, 1.82) is 0 Å². The molecule has 4 heteroatoms. The van der Waals surface area contributed by atoms with Crippen molar-refractivity contribution in [2.24, 2.45) is 0 Å². The lowest BCUT2D eigenvalue weighted by Gasteiger charge is -2.39.